The van der Waals surface area contributed by atoms with E-state index in [-0.39, 0.29) is 6.42 Å². The minimum Gasteiger partial charge on any atom is -0.481 e. The van der Waals surface area contributed by atoms with Gasteiger partial charge in [0.05, 0.1) is 18.6 Å². The lowest BCUT2D eigenvalue weighted by atomic mass is 10.0. The van der Waals surface area contributed by atoms with Gasteiger partial charge in [0.25, 0.3) is 0 Å². The Morgan fingerprint density at radius 1 is 0.892 bits per heavy atom. The van der Waals surface area contributed by atoms with Crippen LogP contribution in [0.25, 0.3) is 10.9 Å². The van der Waals surface area contributed by atoms with Crippen molar-refractivity contribution < 1.29 is 44.4 Å². The van der Waals surface area contributed by atoms with Gasteiger partial charge in [0.1, 0.15) is 24.2 Å². The zero-order valence-corrected chi connectivity index (χ0v) is 20.2. The second-order valence-corrected chi connectivity index (χ2v) is 8.62. The van der Waals surface area contributed by atoms with Crippen LogP contribution >= 0.6 is 0 Å². The lowest BCUT2D eigenvalue weighted by Gasteiger charge is -2.26. The number of carboxylic acids is 2. The topological polar surface area (TPSA) is 244 Å². The van der Waals surface area contributed by atoms with E-state index in [4.69, 9.17) is 5.73 Å². The molecule has 1 heterocycles. The highest BCUT2D eigenvalue weighted by Crippen LogP contribution is 2.19. The minimum absolute atomic E-state index is 0.136. The highest BCUT2D eigenvalue weighted by atomic mass is 16.4. The number of carbonyl (C=O) groups is 5. The van der Waals surface area contributed by atoms with E-state index in [2.05, 4.69) is 20.9 Å². The number of hydrogen-bond donors (Lipinski definition) is 9. The molecular formula is C23H31N5O9. The number of aliphatic hydroxyl groups excluding tert-OH is 2. The van der Waals surface area contributed by atoms with E-state index in [1.54, 1.807) is 30.5 Å². The van der Waals surface area contributed by atoms with E-state index < -0.39 is 72.5 Å². The number of benzene rings is 1. The van der Waals surface area contributed by atoms with E-state index in [1.165, 1.54) is 6.92 Å². The summed E-state index contributed by atoms with van der Waals surface area (Å²) in [5.41, 5.74) is 6.87. The molecule has 14 heteroatoms. The maximum Gasteiger partial charge on any atom is 0.326 e. The summed E-state index contributed by atoms with van der Waals surface area (Å²) < 4.78 is 0. The van der Waals surface area contributed by atoms with Gasteiger partial charge >= 0.3 is 11.9 Å². The Balaban J connectivity index is 2.18. The zero-order valence-electron chi connectivity index (χ0n) is 20.2. The third-order valence-corrected chi connectivity index (χ3v) is 5.61. The summed E-state index contributed by atoms with van der Waals surface area (Å²) in [7, 11) is 0. The number of carboxylic acid groups (broad SMARTS) is 2. The van der Waals surface area contributed by atoms with E-state index in [0.717, 1.165) is 17.8 Å². The summed E-state index contributed by atoms with van der Waals surface area (Å²) in [6, 6.07) is 0.836. The first-order valence-electron chi connectivity index (χ1n) is 11.3. The normalized spacial score (nSPS) is 16.0. The van der Waals surface area contributed by atoms with Gasteiger partial charge in [0.15, 0.2) is 0 Å². The molecule has 6 atom stereocenters. The number of rotatable bonds is 13. The number of hydrogen-bond acceptors (Lipinski definition) is 8. The Labute approximate surface area is 211 Å². The van der Waals surface area contributed by atoms with Gasteiger partial charge in [0.2, 0.25) is 17.7 Å². The third kappa shape index (κ3) is 7.99. The average Bonchev–Trinajstić information content (AvgIpc) is 3.22. The van der Waals surface area contributed by atoms with Crippen LogP contribution in [0, 0.1) is 0 Å². The van der Waals surface area contributed by atoms with Crippen LogP contribution in [0.4, 0.5) is 0 Å². The van der Waals surface area contributed by atoms with Crippen molar-refractivity contribution in [3.8, 4) is 0 Å². The fraction of sp³-hybridized carbons (Fsp3) is 0.435. The molecule has 10 N–H and O–H groups in total. The molecule has 0 aliphatic heterocycles. The summed E-state index contributed by atoms with van der Waals surface area (Å²) in [5.74, 6) is -6.05. The summed E-state index contributed by atoms with van der Waals surface area (Å²) in [4.78, 5) is 64.0. The highest BCUT2D eigenvalue weighted by Gasteiger charge is 2.34. The number of aliphatic hydroxyl groups is 2. The van der Waals surface area contributed by atoms with Gasteiger partial charge < -0.3 is 47.1 Å². The van der Waals surface area contributed by atoms with Crippen molar-refractivity contribution in [2.45, 2.75) is 63.1 Å². The summed E-state index contributed by atoms with van der Waals surface area (Å²) in [6.45, 7) is 2.40. The van der Waals surface area contributed by atoms with Gasteiger partial charge in [0, 0.05) is 23.5 Å². The lowest BCUT2D eigenvalue weighted by molar-refractivity contribution is -0.144. The van der Waals surface area contributed by atoms with Crippen LogP contribution in [0.2, 0.25) is 0 Å². The van der Waals surface area contributed by atoms with Crippen molar-refractivity contribution in [1.29, 1.82) is 0 Å². The van der Waals surface area contributed by atoms with Crippen LogP contribution in [-0.4, -0.2) is 91.4 Å². The Hall–Kier alpha value is -4.01. The number of carbonyl (C=O) groups excluding carboxylic acids is 3. The van der Waals surface area contributed by atoms with Crippen molar-refractivity contribution in [1.82, 2.24) is 20.9 Å². The van der Waals surface area contributed by atoms with Gasteiger partial charge in [-0.25, -0.2) is 4.79 Å². The van der Waals surface area contributed by atoms with Gasteiger partial charge in [-0.15, -0.1) is 0 Å². The molecule has 3 amide bonds. The summed E-state index contributed by atoms with van der Waals surface area (Å²) in [6.07, 6.45) is -2.22. The molecule has 1 aromatic heterocycles. The molecule has 0 bridgehead atoms. The monoisotopic (exact) mass is 521 g/mol. The molecule has 0 spiro atoms. The molecule has 0 aliphatic carbocycles. The first-order valence-corrected chi connectivity index (χ1v) is 11.3. The molecule has 0 radical (unpaired) electrons. The molecule has 202 valence electrons. The summed E-state index contributed by atoms with van der Waals surface area (Å²) >= 11 is 0. The van der Waals surface area contributed by atoms with Crippen molar-refractivity contribution in [2.24, 2.45) is 5.73 Å². The maximum atomic E-state index is 12.9. The van der Waals surface area contributed by atoms with E-state index in [9.17, 15) is 44.4 Å². The third-order valence-electron chi connectivity index (χ3n) is 5.61. The molecule has 0 fully saturated rings. The average molecular weight is 522 g/mol. The maximum absolute atomic E-state index is 12.9. The highest BCUT2D eigenvalue weighted by molar-refractivity contribution is 5.96. The number of fused-ring (bicyclic) bond motifs is 1. The number of amides is 3. The van der Waals surface area contributed by atoms with Crippen LogP contribution in [0.5, 0.6) is 0 Å². The minimum atomic E-state index is -1.74. The second-order valence-electron chi connectivity index (χ2n) is 8.62. The van der Waals surface area contributed by atoms with Crippen LogP contribution in [-0.2, 0) is 30.4 Å². The Morgan fingerprint density at radius 2 is 1.51 bits per heavy atom. The number of nitrogens with one attached hydrogen (secondary N) is 4. The SMILES string of the molecule is CC(O)C(N)C(=O)NC(C(=O)NC(CC(=O)O)C(=O)NC(Cc1c[nH]c2ccccc12)C(=O)O)C(C)O. The standard InChI is InChI=1S/C23H31N5O9/c1-10(29)18(24)21(34)28-19(11(2)30)22(35)26-15(8-17(31)32)20(33)27-16(23(36)37)7-12-9-25-14-6-4-3-5-13(12)14/h3-6,9-11,15-16,18-19,25,29-30H,7-8,24H2,1-2H3,(H,26,35)(H,27,33)(H,28,34)(H,31,32)(H,36,37). The van der Waals surface area contributed by atoms with Crippen LogP contribution in [0.1, 0.15) is 25.8 Å². The second kappa shape index (κ2) is 12.8. The van der Waals surface area contributed by atoms with Crippen molar-refractivity contribution >= 4 is 40.6 Å². The molecule has 0 saturated carbocycles. The molecule has 1 aromatic carbocycles. The van der Waals surface area contributed by atoms with Crippen LogP contribution in [0.15, 0.2) is 30.5 Å². The molecule has 37 heavy (non-hydrogen) atoms. The van der Waals surface area contributed by atoms with Gasteiger partial charge in [-0.05, 0) is 25.5 Å². The van der Waals surface area contributed by atoms with Crippen LogP contribution < -0.4 is 21.7 Å². The largest absolute Gasteiger partial charge is 0.481 e. The lowest BCUT2D eigenvalue weighted by Crippen LogP contribution is -2.61. The molecule has 2 aromatic rings. The zero-order chi connectivity index (χ0) is 27.9. The Morgan fingerprint density at radius 3 is 2.08 bits per heavy atom. The molecule has 6 unspecified atom stereocenters. The number of aromatic amines is 1. The fourth-order valence-electron chi connectivity index (χ4n) is 3.51. The number of H-pyrrole nitrogens is 1. The van der Waals surface area contributed by atoms with Gasteiger partial charge in [-0.1, -0.05) is 18.2 Å². The number of aliphatic carboxylic acids is 2. The molecule has 0 aliphatic rings. The first kappa shape index (κ1) is 29.2. The van der Waals surface area contributed by atoms with Gasteiger partial charge in [-0.3, -0.25) is 19.2 Å². The first-order chi connectivity index (χ1) is 17.3. The predicted octanol–water partition coefficient (Wildman–Crippen LogP) is -2.19. The molecule has 14 nitrogen and oxygen atoms in total. The molecular weight excluding hydrogens is 490 g/mol. The Bertz CT molecular complexity index is 1150. The van der Waals surface area contributed by atoms with Crippen LogP contribution in [0.3, 0.4) is 0 Å². The number of aromatic nitrogens is 1. The Kier molecular flexibility index (Phi) is 10.1. The van der Waals surface area contributed by atoms with E-state index in [0.29, 0.717) is 5.56 Å². The smallest absolute Gasteiger partial charge is 0.326 e. The fourth-order valence-corrected chi connectivity index (χ4v) is 3.51. The predicted molar refractivity (Wildman–Crippen MR) is 129 cm³/mol. The van der Waals surface area contributed by atoms with Gasteiger partial charge in [-0.2, -0.15) is 0 Å². The van der Waals surface area contributed by atoms with E-state index >= 15 is 0 Å². The van der Waals surface area contributed by atoms with Crippen molar-refractivity contribution in [3.63, 3.8) is 0 Å². The number of para-hydroxylation sites is 1. The number of nitrogens with two attached hydrogens (primary N) is 1. The van der Waals surface area contributed by atoms with E-state index in [1.807, 2.05) is 0 Å². The van der Waals surface area contributed by atoms with Crippen molar-refractivity contribution in [3.05, 3.63) is 36.0 Å². The van der Waals surface area contributed by atoms with Crippen molar-refractivity contribution in [2.75, 3.05) is 0 Å². The quantitative estimate of drug-likeness (QED) is 0.138. The molecule has 0 saturated heterocycles. The summed E-state index contributed by atoms with van der Waals surface area (Å²) in [5, 5.41) is 45.5. The molecule has 2 rings (SSSR count).